The minimum absolute atomic E-state index is 0.214. The monoisotopic (exact) mass is 163 g/mol. The lowest BCUT2D eigenvalue weighted by atomic mass is 10.4. The molecule has 0 bridgehead atoms. The first kappa shape index (κ1) is 10.3. The summed E-state index contributed by atoms with van der Waals surface area (Å²) in [5, 5.41) is 12.0. The number of hydrogen-bond acceptors (Lipinski definition) is 3. The van der Waals surface area contributed by atoms with Gasteiger partial charge in [0.1, 0.15) is 0 Å². The van der Waals surface area contributed by atoms with E-state index < -0.39 is 0 Å². The summed E-state index contributed by atoms with van der Waals surface area (Å²) in [5.41, 5.74) is 0. The average molecular weight is 163 g/mol. The molecule has 0 aliphatic carbocycles. The van der Waals surface area contributed by atoms with Crippen LogP contribution in [0.1, 0.15) is 13.3 Å². The summed E-state index contributed by atoms with van der Waals surface area (Å²) in [6.07, 6.45) is 3.08. The smallest absolute Gasteiger partial charge is 0.0636 e. The van der Waals surface area contributed by atoms with Crippen LogP contribution in [-0.2, 0) is 0 Å². The normalized spacial score (nSPS) is 13.5. The standard InChI is InChI=1S/C7H17NOS/c1-7(9)6-8-4-3-5-10-2/h7-9H,3-6H2,1-2H3/t7-/m1/s1. The minimum atomic E-state index is -0.214. The van der Waals surface area contributed by atoms with Crippen molar-refractivity contribution in [1.82, 2.24) is 5.32 Å². The van der Waals surface area contributed by atoms with E-state index in [1.54, 1.807) is 6.92 Å². The first-order valence-corrected chi connectivity index (χ1v) is 5.04. The molecule has 0 aromatic carbocycles. The number of aliphatic hydroxyl groups is 1. The Hall–Kier alpha value is 0.270. The molecule has 2 N–H and O–H groups in total. The van der Waals surface area contributed by atoms with Gasteiger partial charge >= 0.3 is 0 Å². The highest BCUT2D eigenvalue weighted by Crippen LogP contribution is 1.92. The van der Waals surface area contributed by atoms with Gasteiger partial charge in [-0.15, -0.1) is 0 Å². The lowest BCUT2D eigenvalue weighted by molar-refractivity contribution is 0.191. The summed E-state index contributed by atoms with van der Waals surface area (Å²) in [5.74, 6) is 1.20. The zero-order chi connectivity index (χ0) is 7.82. The van der Waals surface area contributed by atoms with Crippen molar-refractivity contribution in [2.75, 3.05) is 25.1 Å². The second-order valence-electron chi connectivity index (χ2n) is 2.40. The zero-order valence-electron chi connectivity index (χ0n) is 6.76. The van der Waals surface area contributed by atoms with Gasteiger partial charge in [0.2, 0.25) is 0 Å². The summed E-state index contributed by atoms with van der Waals surface area (Å²) in [7, 11) is 0. The number of thioether (sulfide) groups is 1. The van der Waals surface area contributed by atoms with Crippen molar-refractivity contribution in [3.05, 3.63) is 0 Å². The Morgan fingerprint density at radius 3 is 2.80 bits per heavy atom. The third kappa shape index (κ3) is 8.27. The van der Waals surface area contributed by atoms with Gasteiger partial charge < -0.3 is 10.4 Å². The molecule has 0 spiro atoms. The molecule has 0 amide bonds. The maximum absolute atomic E-state index is 8.84. The van der Waals surface area contributed by atoms with Crippen molar-refractivity contribution in [2.45, 2.75) is 19.4 Å². The van der Waals surface area contributed by atoms with Gasteiger partial charge in [-0.3, -0.25) is 0 Å². The van der Waals surface area contributed by atoms with Gasteiger partial charge in [0, 0.05) is 6.54 Å². The SMILES string of the molecule is CSCCCNC[C@@H](C)O. The first-order chi connectivity index (χ1) is 4.77. The van der Waals surface area contributed by atoms with E-state index in [0.29, 0.717) is 6.54 Å². The van der Waals surface area contributed by atoms with E-state index in [2.05, 4.69) is 11.6 Å². The molecule has 0 aromatic rings. The van der Waals surface area contributed by atoms with Crippen LogP contribution in [0.2, 0.25) is 0 Å². The van der Waals surface area contributed by atoms with Crippen molar-refractivity contribution >= 4 is 11.8 Å². The van der Waals surface area contributed by atoms with Crippen LogP contribution >= 0.6 is 11.8 Å². The Bertz CT molecular complexity index is 68.6. The molecule has 0 saturated heterocycles. The van der Waals surface area contributed by atoms with Crippen molar-refractivity contribution in [1.29, 1.82) is 0 Å². The molecule has 3 heteroatoms. The highest BCUT2D eigenvalue weighted by Gasteiger charge is 1.92. The van der Waals surface area contributed by atoms with Crippen LogP contribution in [0.5, 0.6) is 0 Å². The quantitative estimate of drug-likeness (QED) is 0.566. The summed E-state index contributed by atoms with van der Waals surface area (Å²) in [6, 6.07) is 0. The van der Waals surface area contributed by atoms with E-state index in [9.17, 15) is 0 Å². The van der Waals surface area contributed by atoms with Crippen LogP contribution in [0.25, 0.3) is 0 Å². The van der Waals surface area contributed by atoms with Crippen molar-refractivity contribution < 1.29 is 5.11 Å². The molecule has 2 nitrogen and oxygen atoms in total. The van der Waals surface area contributed by atoms with Crippen LogP contribution in [0, 0.1) is 0 Å². The van der Waals surface area contributed by atoms with Gasteiger partial charge in [-0.1, -0.05) is 0 Å². The Morgan fingerprint density at radius 1 is 1.60 bits per heavy atom. The first-order valence-electron chi connectivity index (χ1n) is 3.65. The van der Waals surface area contributed by atoms with Gasteiger partial charge in [0.25, 0.3) is 0 Å². The van der Waals surface area contributed by atoms with E-state index in [1.165, 1.54) is 12.2 Å². The Morgan fingerprint density at radius 2 is 2.30 bits per heavy atom. The third-order valence-electron chi connectivity index (χ3n) is 1.14. The average Bonchev–Trinajstić information content (AvgIpc) is 1.87. The van der Waals surface area contributed by atoms with E-state index in [-0.39, 0.29) is 6.10 Å². The molecule has 0 aliphatic heterocycles. The van der Waals surface area contributed by atoms with Crippen molar-refractivity contribution in [2.24, 2.45) is 0 Å². The van der Waals surface area contributed by atoms with Gasteiger partial charge in [-0.05, 0) is 31.9 Å². The molecule has 0 unspecified atom stereocenters. The van der Waals surface area contributed by atoms with Gasteiger partial charge in [-0.2, -0.15) is 11.8 Å². The second-order valence-corrected chi connectivity index (χ2v) is 3.39. The topological polar surface area (TPSA) is 32.3 Å². The van der Waals surface area contributed by atoms with Crippen LogP contribution < -0.4 is 5.32 Å². The lowest BCUT2D eigenvalue weighted by Crippen LogP contribution is -2.25. The fourth-order valence-corrected chi connectivity index (χ4v) is 1.09. The summed E-state index contributed by atoms with van der Waals surface area (Å²) in [6.45, 7) is 3.53. The molecule has 0 heterocycles. The van der Waals surface area contributed by atoms with Crippen molar-refractivity contribution in [3.8, 4) is 0 Å². The number of nitrogens with one attached hydrogen (secondary N) is 1. The molecule has 62 valence electrons. The van der Waals surface area contributed by atoms with Gasteiger partial charge in [0.05, 0.1) is 6.10 Å². The third-order valence-corrected chi connectivity index (χ3v) is 1.84. The summed E-state index contributed by atoms with van der Waals surface area (Å²) >= 11 is 1.86. The van der Waals surface area contributed by atoms with Crippen LogP contribution in [0.4, 0.5) is 0 Å². The number of aliphatic hydroxyl groups excluding tert-OH is 1. The van der Waals surface area contributed by atoms with Crippen LogP contribution in [0.3, 0.4) is 0 Å². The highest BCUT2D eigenvalue weighted by molar-refractivity contribution is 7.98. The van der Waals surface area contributed by atoms with E-state index >= 15 is 0 Å². The maximum Gasteiger partial charge on any atom is 0.0636 e. The number of rotatable bonds is 6. The van der Waals surface area contributed by atoms with E-state index in [4.69, 9.17) is 5.11 Å². The molecule has 10 heavy (non-hydrogen) atoms. The minimum Gasteiger partial charge on any atom is -0.392 e. The number of hydrogen-bond donors (Lipinski definition) is 2. The van der Waals surface area contributed by atoms with E-state index in [0.717, 1.165) is 6.54 Å². The molecule has 0 aromatic heterocycles. The Labute approximate surface area is 67.4 Å². The van der Waals surface area contributed by atoms with E-state index in [1.807, 2.05) is 11.8 Å². The maximum atomic E-state index is 8.84. The predicted molar refractivity (Wildman–Crippen MR) is 47.5 cm³/mol. The largest absolute Gasteiger partial charge is 0.392 e. The second kappa shape index (κ2) is 7.38. The lowest BCUT2D eigenvalue weighted by Gasteiger charge is -2.05. The highest BCUT2D eigenvalue weighted by atomic mass is 32.2. The Kier molecular flexibility index (Phi) is 7.58. The predicted octanol–water partition coefficient (Wildman–Crippen LogP) is 0.710. The van der Waals surface area contributed by atoms with Crippen molar-refractivity contribution in [3.63, 3.8) is 0 Å². The fraction of sp³-hybridized carbons (Fsp3) is 1.00. The molecule has 0 saturated carbocycles. The van der Waals surface area contributed by atoms with Crippen LogP contribution in [0.15, 0.2) is 0 Å². The molecular weight excluding hydrogens is 146 g/mol. The molecular formula is C7H17NOS. The van der Waals surface area contributed by atoms with Crippen LogP contribution in [-0.4, -0.2) is 36.3 Å². The fourth-order valence-electron chi connectivity index (χ4n) is 0.652. The van der Waals surface area contributed by atoms with Gasteiger partial charge in [0.15, 0.2) is 0 Å². The molecule has 0 rings (SSSR count). The summed E-state index contributed by atoms with van der Waals surface area (Å²) < 4.78 is 0. The molecule has 1 atom stereocenters. The zero-order valence-corrected chi connectivity index (χ0v) is 7.58. The molecule has 0 fully saturated rings. The summed E-state index contributed by atoms with van der Waals surface area (Å²) in [4.78, 5) is 0. The van der Waals surface area contributed by atoms with Gasteiger partial charge in [-0.25, -0.2) is 0 Å². The molecule has 0 radical (unpaired) electrons. The Balaban J connectivity index is 2.77. The molecule has 0 aliphatic rings.